The zero-order valence-electron chi connectivity index (χ0n) is 19.2. The Kier molecular flexibility index (Phi) is 6.33. The molecule has 4 rings (SSSR count). The lowest BCUT2D eigenvalue weighted by Crippen LogP contribution is -2.15. The van der Waals surface area contributed by atoms with E-state index in [0.717, 1.165) is 34.0 Å². The lowest BCUT2D eigenvalue weighted by molar-refractivity contribution is -0.113. The molecule has 0 radical (unpaired) electrons. The largest absolute Gasteiger partial charge is 0.325 e. The summed E-state index contributed by atoms with van der Waals surface area (Å²) in [6.07, 6.45) is 0. The molecule has 2 aromatic carbocycles. The first kappa shape index (κ1) is 22.7. The SMILES string of the molecule is Cc1ccc(C)c(-n2c(C)nnc2SCC(=O)Nc2ccc(-n3nc(C)cc3C)c(F)c2)c1. The maximum absolute atomic E-state index is 14.7. The van der Waals surface area contributed by atoms with Gasteiger partial charge in [0.2, 0.25) is 5.91 Å². The van der Waals surface area contributed by atoms with Gasteiger partial charge in [-0.05, 0) is 76.1 Å². The second-order valence-electron chi connectivity index (χ2n) is 8.00. The van der Waals surface area contributed by atoms with Gasteiger partial charge in [0.15, 0.2) is 11.0 Å². The zero-order valence-corrected chi connectivity index (χ0v) is 20.0. The molecule has 2 heterocycles. The van der Waals surface area contributed by atoms with E-state index in [0.29, 0.717) is 16.5 Å². The summed E-state index contributed by atoms with van der Waals surface area (Å²) in [4.78, 5) is 12.6. The fourth-order valence-corrected chi connectivity index (χ4v) is 4.42. The molecule has 1 amide bonds. The number of amides is 1. The lowest BCUT2D eigenvalue weighted by Gasteiger charge is -2.12. The second kappa shape index (κ2) is 9.19. The molecule has 0 unspecified atom stereocenters. The maximum Gasteiger partial charge on any atom is 0.234 e. The van der Waals surface area contributed by atoms with E-state index in [1.807, 2.05) is 45.3 Å². The van der Waals surface area contributed by atoms with Gasteiger partial charge in [0.25, 0.3) is 0 Å². The number of anilines is 1. The molecule has 0 aliphatic heterocycles. The fraction of sp³-hybridized carbons (Fsp3) is 0.250. The number of benzene rings is 2. The van der Waals surface area contributed by atoms with Crippen LogP contribution in [0.3, 0.4) is 0 Å². The molecule has 0 aliphatic carbocycles. The molecule has 0 saturated carbocycles. The molecule has 7 nitrogen and oxygen atoms in total. The summed E-state index contributed by atoms with van der Waals surface area (Å²) >= 11 is 1.28. The van der Waals surface area contributed by atoms with E-state index < -0.39 is 5.82 Å². The third-order valence-corrected chi connectivity index (χ3v) is 6.13. The van der Waals surface area contributed by atoms with Crippen molar-refractivity contribution in [3.63, 3.8) is 0 Å². The molecule has 0 saturated heterocycles. The van der Waals surface area contributed by atoms with Crippen molar-refractivity contribution in [3.8, 4) is 11.4 Å². The normalized spacial score (nSPS) is 11.1. The standard InChI is InChI=1S/C24H25FN6OS/c1-14-6-7-15(2)22(10-14)30-18(5)27-28-24(30)33-13-23(32)26-19-8-9-21(20(25)12-19)31-17(4)11-16(3)29-31/h6-12H,13H2,1-5H3,(H,26,32). The summed E-state index contributed by atoms with van der Waals surface area (Å²) in [6.45, 7) is 9.66. The predicted molar refractivity (Wildman–Crippen MR) is 128 cm³/mol. The fourth-order valence-electron chi connectivity index (χ4n) is 3.63. The van der Waals surface area contributed by atoms with Gasteiger partial charge in [-0.15, -0.1) is 10.2 Å². The summed E-state index contributed by atoms with van der Waals surface area (Å²) < 4.78 is 18.2. The van der Waals surface area contributed by atoms with Crippen LogP contribution in [0.1, 0.15) is 28.3 Å². The van der Waals surface area contributed by atoms with Gasteiger partial charge >= 0.3 is 0 Å². The second-order valence-corrected chi connectivity index (χ2v) is 8.94. The van der Waals surface area contributed by atoms with E-state index in [4.69, 9.17) is 0 Å². The zero-order chi connectivity index (χ0) is 23.7. The Morgan fingerprint density at radius 2 is 1.79 bits per heavy atom. The van der Waals surface area contributed by atoms with Crippen molar-refractivity contribution in [1.82, 2.24) is 24.5 Å². The molecule has 0 atom stereocenters. The highest BCUT2D eigenvalue weighted by molar-refractivity contribution is 7.99. The van der Waals surface area contributed by atoms with Crippen molar-refractivity contribution in [2.75, 3.05) is 11.1 Å². The van der Waals surface area contributed by atoms with Crippen LogP contribution in [-0.2, 0) is 4.79 Å². The van der Waals surface area contributed by atoms with E-state index in [9.17, 15) is 9.18 Å². The van der Waals surface area contributed by atoms with Crippen LogP contribution >= 0.6 is 11.8 Å². The van der Waals surface area contributed by atoms with E-state index in [2.05, 4.69) is 38.8 Å². The van der Waals surface area contributed by atoms with Gasteiger partial charge in [0.05, 0.1) is 17.1 Å². The molecule has 2 aromatic heterocycles. The Balaban J connectivity index is 1.46. The summed E-state index contributed by atoms with van der Waals surface area (Å²) in [5, 5.41) is 16.1. The van der Waals surface area contributed by atoms with Gasteiger partial charge < -0.3 is 5.32 Å². The Labute approximate surface area is 196 Å². The highest BCUT2D eigenvalue weighted by Gasteiger charge is 2.16. The first-order valence-corrected chi connectivity index (χ1v) is 11.5. The molecule has 33 heavy (non-hydrogen) atoms. The number of hydrogen-bond donors (Lipinski definition) is 1. The van der Waals surface area contributed by atoms with Crippen molar-refractivity contribution in [3.05, 3.63) is 76.6 Å². The molecule has 9 heteroatoms. The molecule has 0 spiro atoms. The van der Waals surface area contributed by atoms with Gasteiger partial charge in [-0.3, -0.25) is 9.36 Å². The number of aromatic nitrogens is 5. The van der Waals surface area contributed by atoms with Gasteiger partial charge in [0.1, 0.15) is 11.5 Å². The number of carbonyl (C=O) groups excluding carboxylic acids is 1. The monoisotopic (exact) mass is 464 g/mol. The molecule has 0 bridgehead atoms. The van der Waals surface area contributed by atoms with E-state index in [1.165, 1.54) is 17.8 Å². The third kappa shape index (κ3) is 4.83. The van der Waals surface area contributed by atoms with Crippen LogP contribution in [-0.4, -0.2) is 36.2 Å². The Bertz CT molecular complexity index is 1340. The summed E-state index contributed by atoms with van der Waals surface area (Å²) in [5.41, 5.74) is 5.58. The number of thioether (sulfide) groups is 1. The maximum atomic E-state index is 14.7. The molecular formula is C24H25FN6OS. The number of hydrogen-bond acceptors (Lipinski definition) is 5. The van der Waals surface area contributed by atoms with Crippen LogP contribution in [0.4, 0.5) is 10.1 Å². The van der Waals surface area contributed by atoms with Crippen LogP contribution in [0.15, 0.2) is 47.6 Å². The van der Waals surface area contributed by atoms with Crippen LogP contribution in [0.2, 0.25) is 0 Å². The van der Waals surface area contributed by atoms with Crippen molar-refractivity contribution in [2.24, 2.45) is 0 Å². The van der Waals surface area contributed by atoms with E-state index in [-0.39, 0.29) is 11.7 Å². The summed E-state index contributed by atoms with van der Waals surface area (Å²) in [6, 6.07) is 12.6. The van der Waals surface area contributed by atoms with Crippen molar-refractivity contribution in [2.45, 2.75) is 39.8 Å². The predicted octanol–water partition coefficient (Wildman–Crippen LogP) is 4.87. The minimum Gasteiger partial charge on any atom is -0.325 e. The number of carbonyl (C=O) groups is 1. The quantitative estimate of drug-likeness (QED) is 0.412. The van der Waals surface area contributed by atoms with Crippen LogP contribution < -0.4 is 5.32 Å². The molecule has 4 aromatic rings. The highest BCUT2D eigenvalue weighted by Crippen LogP contribution is 2.25. The smallest absolute Gasteiger partial charge is 0.234 e. The van der Waals surface area contributed by atoms with E-state index in [1.54, 1.807) is 16.8 Å². The number of rotatable bonds is 6. The average Bonchev–Trinajstić information content (AvgIpc) is 3.29. The third-order valence-electron chi connectivity index (χ3n) is 5.20. The first-order chi connectivity index (χ1) is 15.7. The van der Waals surface area contributed by atoms with Crippen molar-refractivity contribution >= 4 is 23.4 Å². The number of aryl methyl sites for hydroxylation is 5. The molecule has 170 valence electrons. The molecule has 0 fully saturated rings. The van der Waals surface area contributed by atoms with E-state index >= 15 is 0 Å². The van der Waals surface area contributed by atoms with Gasteiger partial charge in [-0.2, -0.15) is 5.10 Å². The van der Waals surface area contributed by atoms with Crippen LogP contribution in [0, 0.1) is 40.4 Å². The Morgan fingerprint density at radius 3 is 2.48 bits per heavy atom. The summed E-state index contributed by atoms with van der Waals surface area (Å²) in [5.74, 6) is 0.140. The summed E-state index contributed by atoms with van der Waals surface area (Å²) in [7, 11) is 0. The van der Waals surface area contributed by atoms with Gasteiger partial charge in [0, 0.05) is 11.4 Å². The average molecular weight is 465 g/mol. The van der Waals surface area contributed by atoms with Crippen LogP contribution in [0.5, 0.6) is 0 Å². The Hall–Kier alpha value is -3.46. The van der Waals surface area contributed by atoms with Gasteiger partial charge in [-0.1, -0.05) is 23.9 Å². The molecule has 1 N–H and O–H groups in total. The minimum absolute atomic E-state index is 0.115. The van der Waals surface area contributed by atoms with Crippen molar-refractivity contribution in [1.29, 1.82) is 0 Å². The van der Waals surface area contributed by atoms with Crippen LogP contribution in [0.25, 0.3) is 11.4 Å². The molecular weight excluding hydrogens is 439 g/mol. The Morgan fingerprint density at radius 1 is 1.00 bits per heavy atom. The molecule has 0 aliphatic rings. The highest BCUT2D eigenvalue weighted by atomic mass is 32.2. The topological polar surface area (TPSA) is 77.6 Å². The number of halogens is 1. The minimum atomic E-state index is -0.461. The van der Waals surface area contributed by atoms with Crippen molar-refractivity contribution < 1.29 is 9.18 Å². The number of nitrogens with zero attached hydrogens (tertiary/aromatic N) is 5. The lowest BCUT2D eigenvalue weighted by atomic mass is 10.1. The van der Waals surface area contributed by atoms with Gasteiger partial charge in [-0.25, -0.2) is 9.07 Å². The number of nitrogens with one attached hydrogen (secondary N) is 1. The first-order valence-electron chi connectivity index (χ1n) is 10.5.